The number of H-pyrrole nitrogens is 2. The predicted octanol–water partition coefficient (Wildman–Crippen LogP) is -15.6. The van der Waals surface area contributed by atoms with Crippen LogP contribution in [-0.2, 0) is 88.0 Å². The summed E-state index contributed by atoms with van der Waals surface area (Å²) in [6.45, 7) is -4.19. The minimum Gasteiger partial charge on any atom is -0.394 e. The van der Waals surface area contributed by atoms with E-state index in [0.29, 0.717) is 0 Å². The van der Waals surface area contributed by atoms with Gasteiger partial charge in [0.1, 0.15) is 86.8 Å². The van der Waals surface area contributed by atoms with E-state index in [0.717, 1.165) is 34.7 Å². The summed E-state index contributed by atoms with van der Waals surface area (Å²) in [6.07, 6.45) is -20.6. The van der Waals surface area contributed by atoms with Crippen LogP contribution in [0.3, 0.4) is 0 Å². The Labute approximate surface area is 566 Å². The van der Waals surface area contributed by atoms with Crippen LogP contribution in [0.25, 0.3) is 0 Å². The van der Waals surface area contributed by atoms with Crippen molar-refractivity contribution in [3.8, 4) is 0 Å². The number of aliphatic hydroxyl groups excluding tert-OH is 8. The quantitative estimate of drug-likeness (QED) is 0.0269. The zero-order valence-electron chi connectivity index (χ0n) is 54.5. The highest BCUT2D eigenvalue weighted by atomic mass is 16.8. The minimum atomic E-state index is -1.83. The van der Waals surface area contributed by atoms with E-state index >= 15 is 0 Å². The minimum absolute atomic E-state index is 0.0399. The highest BCUT2D eigenvalue weighted by Gasteiger charge is 2.55. The van der Waals surface area contributed by atoms with Crippen LogP contribution in [0.4, 0.5) is 0 Å². The lowest BCUT2D eigenvalue weighted by molar-refractivity contribution is -0.310. The van der Waals surface area contributed by atoms with Gasteiger partial charge >= 0.3 is 11.4 Å². The molecule has 3 aromatic rings. The second-order valence-electron chi connectivity index (χ2n) is 24.5. The van der Waals surface area contributed by atoms with Crippen molar-refractivity contribution in [1.82, 2.24) is 64.7 Å². The number of hydrogen-bond acceptors (Lipinski definition) is 32. The van der Waals surface area contributed by atoms with Gasteiger partial charge in [0.15, 0.2) is 18.9 Å². The molecule has 44 nitrogen and oxygen atoms in total. The van der Waals surface area contributed by atoms with Crippen molar-refractivity contribution in [3.05, 3.63) is 77.1 Å². The number of rotatable bonds is 33. The number of nitrogens with two attached hydrogens (primary N) is 6. The Kier molecular flexibility index (Phi) is 28.6. The summed E-state index contributed by atoms with van der Waals surface area (Å²) >= 11 is 0. The van der Waals surface area contributed by atoms with Crippen molar-refractivity contribution in [2.75, 3.05) is 78.7 Å². The average Bonchev–Trinajstić information content (AvgIpc) is 1.44. The molecule has 0 spiro atoms. The number of carbonyl (C=O) groups excluding carboxylic acids is 7. The first kappa shape index (κ1) is 79.4. The summed E-state index contributed by atoms with van der Waals surface area (Å²) in [4.78, 5) is 148. The number of ether oxygens (including phenoxy) is 6. The van der Waals surface area contributed by atoms with Gasteiger partial charge in [-0.15, -0.1) is 5.10 Å². The fourth-order valence-electron chi connectivity index (χ4n) is 11.3. The zero-order valence-corrected chi connectivity index (χ0v) is 54.5. The van der Waals surface area contributed by atoms with E-state index in [9.17, 15) is 93.6 Å². The number of nitrogens with zero attached hydrogens (tertiary/aromatic N) is 8. The standard InChI is InChI=1S/C56H89N19O25/c1-24-13-73(55(93)66-50(24)91)20-37(83)70(8-5-57)17-33(79)64-7-10-72(18-34(80)63-6-9-71(16-32(60)78)38(84)21-74-14-25(2)51(92)67-56(74)94)36(82)4-3-26-15-75(69-68-26)19-35(81)65-12-29-42(86)44(88)39(61)52(95-29)99-48-31(23-77)97-54(46(48)90)100-49-41(85)27(58)11-28(59)47(49)98-53-40(62)45(89)43(87)30(22-76)96-53/h13-15,27-31,39-49,52-54,76-77,85-90H,3-12,16-23,57-59,61-62H2,1-2H3,(H2,60,78)(H,63,80)(H,64,79)(H,65,81)(H,66,91,93)(H,67,92,94)/t27-,28+,29+,30-,31-,39-,40-,41+,42-,43-,44-,45-,46-,47-,48-,49-,52-,53-,54+/m1/s1. The van der Waals surface area contributed by atoms with Crippen molar-refractivity contribution >= 4 is 41.4 Å². The number of amides is 7. The zero-order chi connectivity index (χ0) is 73.6. The Morgan fingerprint density at radius 1 is 0.580 bits per heavy atom. The van der Waals surface area contributed by atoms with Gasteiger partial charge in [-0.2, -0.15) is 0 Å². The third kappa shape index (κ3) is 20.6. The molecule has 1 aliphatic carbocycles. The first-order valence-electron chi connectivity index (χ1n) is 31.7. The number of nitrogens with one attached hydrogen (secondary N) is 5. The molecule has 0 radical (unpaired) electrons. The summed E-state index contributed by atoms with van der Waals surface area (Å²) in [7, 11) is 0. The van der Waals surface area contributed by atoms with Crippen molar-refractivity contribution in [2.24, 2.45) is 34.4 Å². The maximum atomic E-state index is 13.9. The molecule has 0 unspecified atom stereocenters. The summed E-state index contributed by atoms with van der Waals surface area (Å²) in [5, 5.41) is 101. The number of aromatic nitrogens is 7. The molecule has 19 atom stereocenters. The van der Waals surface area contributed by atoms with Gasteiger partial charge in [-0.1, -0.05) is 5.21 Å². The van der Waals surface area contributed by atoms with Crippen molar-refractivity contribution in [1.29, 1.82) is 0 Å². The number of hydrogen-bond donors (Lipinski definition) is 19. The molecule has 0 bridgehead atoms. The second kappa shape index (κ2) is 36.1. The van der Waals surface area contributed by atoms with E-state index in [1.807, 2.05) is 0 Å². The van der Waals surface area contributed by atoms with E-state index in [2.05, 4.69) is 36.2 Å². The van der Waals surface area contributed by atoms with Crippen LogP contribution in [0, 0.1) is 13.8 Å². The molecule has 4 aliphatic rings. The van der Waals surface area contributed by atoms with E-state index in [-0.39, 0.29) is 75.4 Å². The molecule has 3 aromatic heterocycles. The third-order valence-corrected chi connectivity index (χ3v) is 16.9. The molecule has 4 fully saturated rings. The molecule has 3 aliphatic heterocycles. The van der Waals surface area contributed by atoms with E-state index < -0.39 is 239 Å². The maximum absolute atomic E-state index is 13.9. The molecule has 6 heterocycles. The normalized spacial score (nSPS) is 29.0. The fourth-order valence-corrected chi connectivity index (χ4v) is 11.3. The molecule has 25 N–H and O–H groups in total. The highest BCUT2D eigenvalue weighted by molar-refractivity contribution is 5.86. The number of primary amides is 1. The lowest BCUT2D eigenvalue weighted by atomic mass is 9.84. The van der Waals surface area contributed by atoms with Crippen LogP contribution in [0.15, 0.2) is 37.8 Å². The Morgan fingerprint density at radius 3 is 1.60 bits per heavy atom. The molecular weight excluding hydrogens is 1340 g/mol. The first-order chi connectivity index (χ1) is 47.3. The topological polar surface area (TPSA) is 679 Å². The number of aryl methyl sites for hydroxylation is 3. The van der Waals surface area contributed by atoms with Crippen LogP contribution in [0.1, 0.15) is 29.7 Å². The molecule has 558 valence electrons. The predicted molar refractivity (Wildman–Crippen MR) is 335 cm³/mol. The van der Waals surface area contributed by atoms with E-state index in [4.69, 9.17) is 62.8 Å². The van der Waals surface area contributed by atoms with Crippen LogP contribution >= 0.6 is 0 Å². The van der Waals surface area contributed by atoms with Gasteiger partial charge in [-0.25, -0.2) is 14.3 Å². The van der Waals surface area contributed by atoms with Gasteiger partial charge in [0.2, 0.25) is 41.4 Å². The van der Waals surface area contributed by atoms with Crippen molar-refractivity contribution in [3.63, 3.8) is 0 Å². The molecule has 100 heavy (non-hydrogen) atoms. The largest absolute Gasteiger partial charge is 0.394 e. The van der Waals surface area contributed by atoms with Crippen molar-refractivity contribution < 1.29 is 103 Å². The maximum Gasteiger partial charge on any atom is 0.328 e. The first-order valence-corrected chi connectivity index (χ1v) is 31.7. The SMILES string of the molecule is Cc1cn(CC(=O)N(CCNC(=O)CN(CCNC(=O)CN(CCN)C(=O)Cn2cc(C)c(=O)[nH]c2=O)C(=O)CCc2cn(CC(=O)NC[C@@H]3O[C@H](O[C@H]4[C@@H](O)[C@H](O[C@@H]5[C@@H](O)[C@H](N)C[C@H](N)[C@H]5O[C@H]5O[C@H](CO)[C@@H](O)[C@H](O)[C@H]5N)O[C@@H]4CO)[C@H](N)[C@@H](O)[C@@H]3O)nn2)CC(N)=O)c(=O)[nH]c1=O. The fraction of sp³-hybridized carbons (Fsp3) is 0.696. The van der Waals surface area contributed by atoms with Gasteiger partial charge < -0.3 is 134 Å². The van der Waals surface area contributed by atoms with Crippen molar-refractivity contribution in [2.45, 2.75) is 169 Å². The smallest absolute Gasteiger partial charge is 0.328 e. The monoisotopic (exact) mass is 1430 g/mol. The Balaban J connectivity index is 0.940. The summed E-state index contributed by atoms with van der Waals surface area (Å²) in [6, 6.07) is -4.94. The van der Waals surface area contributed by atoms with Gasteiger partial charge in [0.25, 0.3) is 11.1 Å². The van der Waals surface area contributed by atoms with E-state index in [1.54, 1.807) is 0 Å². The van der Waals surface area contributed by atoms with Gasteiger partial charge in [-0.05, 0) is 20.3 Å². The molecule has 0 aromatic carbocycles. The molecule has 3 saturated heterocycles. The molecule has 7 amide bonds. The molecule has 7 rings (SSSR count). The van der Waals surface area contributed by atoms with Gasteiger partial charge in [-0.3, -0.25) is 62.3 Å². The average molecular weight is 1430 g/mol. The molecule has 1 saturated carbocycles. The highest BCUT2D eigenvalue weighted by Crippen LogP contribution is 2.34. The Hall–Kier alpha value is -7.97. The molecular formula is C56H89N19O25. The van der Waals surface area contributed by atoms with E-state index in [1.165, 1.54) is 26.2 Å². The molecule has 44 heteroatoms. The lowest BCUT2D eigenvalue weighted by Crippen LogP contribution is -2.68. The summed E-state index contributed by atoms with van der Waals surface area (Å²) in [5.41, 5.74) is 33.3. The van der Waals surface area contributed by atoms with Gasteiger partial charge in [0.05, 0.1) is 56.7 Å². The Morgan fingerprint density at radius 2 is 1.07 bits per heavy atom. The number of aliphatic hydroxyl groups is 8. The summed E-state index contributed by atoms with van der Waals surface area (Å²) < 4.78 is 38.3. The van der Waals surface area contributed by atoms with Crippen LogP contribution in [0.2, 0.25) is 0 Å². The number of aromatic amines is 2. The second-order valence-corrected chi connectivity index (χ2v) is 24.5. The lowest BCUT2D eigenvalue weighted by Gasteiger charge is -2.47. The van der Waals surface area contributed by atoms with Crippen LogP contribution in [-0.4, -0.2) is 326 Å². The van der Waals surface area contributed by atoms with Crippen LogP contribution < -0.4 is 72.9 Å². The summed E-state index contributed by atoms with van der Waals surface area (Å²) in [5.74, 6) is -5.36. The number of carbonyl (C=O) groups is 7. The Bertz CT molecular complexity index is 3560. The van der Waals surface area contributed by atoms with Crippen LogP contribution in [0.5, 0.6) is 0 Å². The third-order valence-electron chi connectivity index (χ3n) is 16.9. The van der Waals surface area contributed by atoms with Gasteiger partial charge in [0, 0.05) is 100 Å².